The first-order valence-electron chi connectivity index (χ1n) is 7.14. The second-order valence-electron chi connectivity index (χ2n) is 5.35. The van der Waals surface area contributed by atoms with E-state index in [4.69, 9.17) is 4.74 Å². The number of fused-ring (bicyclic) bond motifs is 1. The van der Waals surface area contributed by atoms with Crippen LogP contribution in [0, 0.1) is 10.5 Å². The van der Waals surface area contributed by atoms with Crippen LogP contribution in [-0.2, 0) is 4.79 Å². The third kappa shape index (κ3) is 3.17. The van der Waals surface area contributed by atoms with Crippen molar-refractivity contribution in [3.05, 3.63) is 51.1 Å². The van der Waals surface area contributed by atoms with Crippen molar-refractivity contribution in [3.8, 4) is 5.75 Å². The lowest BCUT2D eigenvalue weighted by Crippen LogP contribution is -2.34. The zero-order valence-electron chi connectivity index (χ0n) is 12.6. The topological polar surface area (TPSA) is 67.4 Å². The van der Waals surface area contributed by atoms with Crippen LogP contribution >= 0.6 is 22.6 Å². The predicted octanol–water partition coefficient (Wildman–Crippen LogP) is 3.57. The number of hydrogen-bond donors (Lipinski definition) is 2. The van der Waals surface area contributed by atoms with Gasteiger partial charge in [0.15, 0.2) is 6.10 Å². The summed E-state index contributed by atoms with van der Waals surface area (Å²) in [6.45, 7) is 3.65. The molecule has 0 bridgehead atoms. The number of halogens is 1. The van der Waals surface area contributed by atoms with Crippen molar-refractivity contribution in [2.75, 3.05) is 10.6 Å². The molecular weight excluding hydrogens is 407 g/mol. The Bertz CT molecular complexity index is 804. The fourth-order valence-electron chi connectivity index (χ4n) is 2.31. The molecule has 0 spiro atoms. The Morgan fingerprint density at radius 3 is 2.87 bits per heavy atom. The van der Waals surface area contributed by atoms with E-state index in [1.165, 1.54) is 0 Å². The van der Waals surface area contributed by atoms with E-state index in [1.807, 2.05) is 19.1 Å². The number of ether oxygens (including phenoxy) is 1. The van der Waals surface area contributed by atoms with Gasteiger partial charge in [-0.2, -0.15) is 0 Å². The maximum Gasteiger partial charge on any atom is 0.265 e. The molecule has 2 amide bonds. The molecule has 0 aromatic heterocycles. The van der Waals surface area contributed by atoms with E-state index in [0.29, 0.717) is 22.7 Å². The van der Waals surface area contributed by atoms with E-state index in [0.717, 1.165) is 9.13 Å². The molecule has 0 radical (unpaired) electrons. The molecule has 2 N–H and O–H groups in total. The van der Waals surface area contributed by atoms with Gasteiger partial charge in [-0.15, -0.1) is 0 Å². The summed E-state index contributed by atoms with van der Waals surface area (Å²) in [5.41, 5.74) is 2.84. The fourth-order valence-corrected chi connectivity index (χ4v) is 2.91. The molecule has 2 aromatic rings. The van der Waals surface area contributed by atoms with Gasteiger partial charge in [0, 0.05) is 9.26 Å². The molecule has 5 nitrogen and oxygen atoms in total. The Hall–Kier alpha value is -2.09. The van der Waals surface area contributed by atoms with Crippen molar-refractivity contribution in [2.24, 2.45) is 0 Å². The first-order valence-corrected chi connectivity index (χ1v) is 8.21. The summed E-state index contributed by atoms with van der Waals surface area (Å²) in [7, 11) is 0. The van der Waals surface area contributed by atoms with Gasteiger partial charge < -0.3 is 15.4 Å². The van der Waals surface area contributed by atoms with Crippen molar-refractivity contribution in [3.63, 3.8) is 0 Å². The molecule has 0 saturated heterocycles. The van der Waals surface area contributed by atoms with Crippen LogP contribution in [0.3, 0.4) is 0 Å². The molecule has 1 heterocycles. The lowest BCUT2D eigenvalue weighted by atomic mass is 10.1. The number of benzene rings is 2. The summed E-state index contributed by atoms with van der Waals surface area (Å²) in [6.07, 6.45) is -0.517. The average molecular weight is 422 g/mol. The number of rotatable bonds is 2. The van der Waals surface area contributed by atoms with Crippen LogP contribution < -0.4 is 15.4 Å². The largest absolute Gasteiger partial charge is 0.479 e. The van der Waals surface area contributed by atoms with Gasteiger partial charge in [0.05, 0.1) is 11.3 Å². The highest BCUT2D eigenvalue weighted by atomic mass is 127. The van der Waals surface area contributed by atoms with Crippen molar-refractivity contribution in [1.29, 1.82) is 0 Å². The Kier molecular flexibility index (Phi) is 4.25. The van der Waals surface area contributed by atoms with Gasteiger partial charge in [0.25, 0.3) is 11.8 Å². The minimum Gasteiger partial charge on any atom is -0.479 e. The van der Waals surface area contributed by atoms with Gasteiger partial charge >= 0.3 is 0 Å². The standard InChI is InChI=1S/C17H15IN2O3/c1-9-4-3-5-12(15(9)18)17(22)19-11-6-7-14-13(8-11)20-16(21)10(2)23-14/h3-8,10H,1-2H3,(H,19,22)(H,20,21). The van der Waals surface area contributed by atoms with Gasteiger partial charge in [-0.1, -0.05) is 12.1 Å². The van der Waals surface area contributed by atoms with Crippen LogP contribution in [0.25, 0.3) is 0 Å². The second kappa shape index (κ2) is 6.19. The lowest BCUT2D eigenvalue weighted by Gasteiger charge is -2.23. The third-order valence-electron chi connectivity index (χ3n) is 3.60. The fraction of sp³-hybridized carbons (Fsp3) is 0.176. The van der Waals surface area contributed by atoms with Crippen LogP contribution in [0.4, 0.5) is 11.4 Å². The van der Waals surface area contributed by atoms with E-state index in [-0.39, 0.29) is 11.8 Å². The number of carbonyl (C=O) groups excluding carboxylic acids is 2. The third-order valence-corrected chi connectivity index (χ3v) is 5.04. The maximum absolute atomic E-state index is 12.4. The number of aryl methyl sites for hydroxylation is 1. The van der Waals surface area contributed by atoms with Gasteiger partial charge in [-0.3, -0.25) is 9.59 Å². The smallest absolute Gasteiger partial charge is 0.265 e. The van der Waals surface area contributed by atoms with Crippen molar-refractivity contribution < 1.29 is 14.3 Å². The van der Waals surface area contributed by atoms with Crippen molar-refractivity contribution >= 4 is 45.8 Å². The van der Waals surface area contributed by atoms with Gasteiger partial charge in [0.2, 0.25) is 0 Å². The van der Waals surface area contributed by atoms with E-state index in [2.05, 4.69) is 33.2 Å². The number of nitrogens with one attached hydrogen (secondary N) is 2. The van der Waals surface area contributed by atoms with Gasteiger partial charge in [-0.05, 0) is 66.3 Å². The van der Waals surface area contributed by atoms with E-state index in [9.17, 15) is 9.59 Å². The van der Waals surface area contributed by atoms with Crippen molar-refractivity contribution in [1.82, 2.24) is 0 Å². The molecule has 0 aliphatic carbocycles. The average Bonchev–Trinajstić information content (AvgIpc) is 2.51. The number of anilines is 2. The minimum absolute atomic E-state index is 0.186. The van der Waals surface area contributed by atoms with Crippen LogP contribution in [-0.4, -0.2) is 17.9 Å². The zero-order chi connectivity index (χ0) is 16.6. The number of amides is 2. The van der Waals surface area contributed by atoms with Gasteiger partial charge in [0.1, 0.15) is 5.75 Å². The monoisotopic (exact) mass is 422 g/mol. The summed E-state index contributed by atoms with van der Waals surface area (Å²) in [5.74, 6) is 0.212. The molecule has 3 rings (SSSR count). The van der Waals surface area contributed by atoms with Gasteiger partial charge in [-0.25, -0.2) is 0 Å². The highest BCUT2D eigenvalue weighted by Crippen LogP contribution is 2.32. The molecule has 6 heteroatoms. The quantitative estimate of drug-likeness (QED) is 0.728. The minimum atomic E-state index is -0.517. The molecule has 2 aromatic carbocycles. The zero-order valence-corrected chi connectivity index (χ0v) is 14.8. The first-order chi connectivity index (χ1) is 11.0. The Balaban J connectivity index is 1.84. The summed E-state index contributed by atoms with van der Waals surface area (Å²) < 4.78 is 6.42. The Morgan fingerprint density at radius 2 is 2.09 bits per heavy atom. The molecule has 23 heavy (non-hydrogen) atoms. The molecule has 0 fully saturated rings. The highest BCUT2D eigenvalue weighted by Gasteiger charge is 2.23. The molecule has 1 aliphatic heterocycles. The second-order valence-corrected chi connectivity index (χ2v) is 6.43. The van der Waals surface area contributed by atoms with Crippen LogP contribution in [0.15, 0.2) is 36.4 Å². The Labute approximate surface area is 147 Å². The van der Waals surface area contributed by atoms with E-state index in [1.54, 1.807) is 31.2 Å². The van der Waals surface area contributed by atoms with Crippen LogP contribution in [0.2, 0.25) is 0 Å². The molecule has 1 unspecified atom stereocenters. The maximum atomic E-state index is 12.4. The summed E-state index contributed by atoms with van der Waals surface area (Å²) in [5, 5.41) is 5.62. The predicted molar refractivity (Wildman–Crippen MR) is 97.0 cm³/mol. The highest BCUT2D eigenvalue weighted by molar-refractivity contribution is 14.1. The van der Waals surface area contributed by atoms with Crippen LogP contribution in [0.1, 0.15) is 22.8 Å². The molecule has 1 aliphatic rings. The normalized spacial score (nSPS) is 16.1. The number of hydrogen-bond acceptors (Lipinski definition) is 3. The van der Waals surface area contributed by atoms with Crippen LogP contribution in [0.5, 0.6) is 5.75 Å². The van der Waals surface area contributed by atoms with E-state index >= 15 is 0 Å². The molecule has 118 valence electrons. The molecular formula is C17H15IN2O3. The van der Waals surface area contributed by atoms with Crippen molar-refractivity contribution in [2.45, 2.75) is 20.0 Å². The lowest BCUT2D eigenvalue weighted by molar-refractivity contribution is -0.122. The van der Waals surface area contributed by atoms with E-state index < -0.39 is 6.10 Å². The molecule has 1 atom stereocenters. The first kappa shape index (κ1) is 15.8. The summed E-state index contributed by atoms with van der Waals surface area (Å²) in [6, 6.07) is 10.8. The summed E-state index contributed by atoms with van der Waals surface area (Å²) >= 11 is 2.16. The molecule has 0 saturated carbocycles. The SMILES string of the molecule is Cc1cccc(C(=O)Nc2ccc3c(c2)NC(=O)C(C)O3)c1I. The Morgan fingerprint density at radius 1 is 1.30 bits per heavy atom. The number of carbonyl (C=O) groups is 2. The summed E-state index contributed by atoms with van der Waals surface area (Å²) in [4.78, 5) is 24.1.